The van der Waals surface area contributed by atoms with E-state index in [0.717, 1.165) is 19.4 Å². The third kappa shape index (κ3) is 4.88. The molecule has 1 saturated carbocycles. The maximum absolute atomic E-state index is 13.0. The molecule has 2 unspecified atom stereocenters. The van der Waals surface area contributed by atoms with Crippen LogP contribution in [-0.2, 0) is 0 Å². The number of aliphatic hydroxyl groups is 2. The lowest BCUT2D eigenvalue weighted by Crippen LogP contribution is -2.29. The van der Waals surface area contributed by atoms with Gasteiger partial charge in [0.25, 0.3) is 0 Å². The Hall–Kier alpha value is -0.190. The van der Waals surface area contributed by atoms with Gasteiger partial charge in [-0.05, 0) is 38.3 Å². The van der Waals surface area contributed by atoms with Gasteiger partial charge in [0.2, 0.25) is 0 Å². The van der Waals surface area contributed by atoms with Crippen molar-refractivity contribution in [1.82, 2.24) is 5.32 Å². The Bertz CT molecular complexity index is 155. The number of aliphatic hydroxyl groups excluding tert-OH is 1. The topological polar surface area (TPSA) is 52.5 Å². The summed E-state index contributed by atoms with van der Waals surface area (Å²) in [5, 5.41) is 20.3. The summed E-state index contributed by atoms with van der Waals surface area (Å²) in [4.78, 5) is 0. The van der Waals surface area contributed by atoms with E-state index in [1.54, 1.807) is 0 Å². The van der Waals surface area contributed by atoms with E-state index in [-0.39, 0.29) is 0 Å². The first-order chi connectivity index (χ1) is 6.68. The summed E-state index contributed by atoms with van der Waals surface area (Å²) in [6, 6.07) is 0. The van der Waals surface area contributed by atoms with Crippen molar-refractivity contribution < 1.29 is 14.6 Å². The molecule has 0 spiro atoms. The van der Waals surface area contributed by atoms with Crippen LogP contribution in [0.25, 0.3) is 0 Å². The molecule has 2 atom stereocenters. The van der Waals surface area contributed by atoms with E-state index in [2.05, 4.69) is 5.32 Å². The molecule has 0 radical (unpaired) electrons. The molecule has 1 aliphatic rings. The first-order valence-electron chi connectivity index (χ1n) is 5.39. The summed E-state index contributed by atoms with van der Waals surface area (Å²) in [7, 11) is 0. The molecular weight excluding hydrogens is 185 g/mol. The lowest BCUT2D eigenvalue weighted by Gasteiger charge is -2.24. The van der Waals surface area contributed by atoms with Crippen LogP contribution < -0.4 is 5.32 Å². The first kappa shape index (κ1) is 11.9. The lowest BCUT2D eigenvalue weighted by atomic mass is 9.88. The summed E-state index contributed by atoms with van der Waals surface area (Å²) in [5.74, 6) is 0.426. The highest BCUT2D eigenvalue weighted by Gasteiger charge is 2.20. The quantitative estimate of drug-likeness (QED) is 0.460. The maximum Gasteiger partial charge on any atom is 0.152 e. The van der Waals surface area contributed by atoms with Gasteiger partial charge in [0.15, 0.2) is 6.29 Å². The number of hydrogen-bond donors (Lipinski definition) is 3. The molecule has 0 heterocycles. The van der Waals surface area contributed by atoms with Crippen molar-refractivity contribution in [3.63, 3.8) is 0 Å². The molecule has 0 amide bonds. The first-order valence-corrected chi connectivity index (χ1v) is 5.39. The molecule has 3 nitrogen and oxygen atoms in total. The highest BCUT2D eigenvalue weighted by molar-refractivity contribution is 4.73. The number of alkyl halides is 1. The lowest BCUT2D eigenvalue weighted by molar-refractivity contribution is -0.0445. The van der Waals surface area contributed by atoms with E-state index >= 15 is 0 Å². The zero-order valence-electron chi connectivity index (χ0n) is 8.45. The van der Waals surface area contributed by atoms with E-state index in [0.29, 0.717) is 31.7 Å². The Morgan fingerprint density at radius 2 is 2.14 bits per heavy atom. The third-order valence-corrected chi connectivity index (χ3v) is 2.73. The van der Waals surface area contributed by atoms with Gasteiger partial charge in [0.05, 0.1) is 0 Å². The van der Waals surface area contributed by atoms with Crippen molar-refractivity contribution in [3.8, 4) is 0 Å². The summed E-state index contributed by atoms with van der Waals surface area (Å²) >= 11 is 0. The molecule has 1 rings (SSSR count). The molecule has 84 valence electrons. The average molecular weight is 205 g/mol. The average Bonchev–Trinajstić information content (AvgIpc) is 2.12. The predicted octanol–water partition coefficient (Wildman–Crippen LogP) is 0.805. The van der Waals surface area contributed by atoms with E-state index in [9.17, 15) is 4.39 Å². The van der Waals surface area contributed by atoms with Gasteiger partial charge in [-0.15, -0.1) is 0 Å². The zero-order valence-corrected chi connectivity index (χ0v) is 8.45. The van der Waals surface area contributed by atoms with E-state index in [1.165, 1.54) is 0 Å². The highest BCUT2D eigenvalue weighted by atomic mass is 19.1. The summed E-state index contributed by atoms with van der Waals surface area (Å²) in [6.07, 6.45) is 1.93. The molecule has 0 bridgehead atoms. The molecule has 1 fully saturated rings. The Morgan fingerprint density at radius 1 is 1.36 bits per heavy atom. The molecule has 4 heteroatoms. The van der Waals surface area contributed by atoms with Gasteiger partial charge in [0.1, 0.15) is 6.17 Å². The summed E-state index contributed by atoms with van der Waals surface area (Å²) < 4.78 is 13.0. The van der Waals surface area contributed by atoms with Crippen molar-refractivity contribution in [2.75, 3.05) is 13.1 Å². The van der Waals surface area contributed by atoms with Crippen LogP contribution in [0.15, 0.2) is 0 Å². The zero-order chi connectivity index (χ0) is 10.4. The SMILES string of the molecule is OC(O)CCNCC1CCCC(F)C1. The van der Waals surface area contributed by atoms with Gasteiger partial charge in [-0.25, -0.2) is 4.39 Å². The summed E-state index contributed by atoms with van der Waals surface area (Å²) in [5.41, 5.74) is 0. The standard InChI is InChI=1S/C10H20FNO2/c11-9-3-1-2-8(6-9)7-12-5-4-10(13)14/h8-10,12-14H,1-7H2. The van der Waals surface area contributed by atoms with Crippen LogP contribution in [-0.4, -0.2) is 35.8 Å². The third-order valence-electron chi connectivity index (χ3n) is 2.73. The van der Waals surface area contributed by atoms with Gasteiger partial charge < -0.3 is 15.5 Å². The highest BCUT2D eigenvalue weighted by Crippen LogP contribution is 2.25. The normalized spacial score (nSPS) is 28.3. The van der Waals surface area contributed by atoms with Crippen LogP contribution in [0.5, 0.6) is 0 Å². The molecule has 14 heavy (non-hydrogen) atoms. The molecule has 0 aliphatic heterocycles. The fourth-order valence-corrected chi connectivity index (χ4v) is 1.95. The maximum atomic E-state index is 13.0. The van der Waals surface area contributed by atoms with Crippen LogP contribution in [0.1, 0.15) is 32.1 Å². The second-order valence-electron chi connectivity index (χ2n) is 4.10. The van der Waals surface area contributed by atoms with Gasteiger partial charge in [-0.3, -0.25) is 0 Å². The fourth-order valence-electron chi connectivity index (χ4n) is 1.95. The van der Waals surface area contributed by atoms with Crippen molar-refractivity contribution in [3.05, 3.63) is 0 Å². The van der Waals surface area contributed by atoms with Gasteiger partial charge >= 0.3 is 0 Å². The van der Waals surface area contributed by atoms with Crippen LogP contribution in [0, 0.1) is 5.92 Å². The molecule has 3 N–H and O–H groups in total. The minimum Gasteiger partial charge on any atom is -0.368 e. The second-order valence-corrected chi connectivity index (χ2v) is 4.10. The van der Waals surface area contributed by atoms with Gasteiger partial charge in [-0.1, -0.05) is 6.42 Å². The van der Waals surface area contributed by atoms with Gasteiger partial charge in [-0.2, -0.15) is 0 Å². The Balaban J connectivity index is 2.00. The minimum atomic E-state index is -1.23. The Kier molecular flexibility index (Phi) is 5.37. The van der Waals surface area contributed by atoms with Crippen molar-refractivity contribution >= 4 is 0 Å². The minimum absolute atomic E-state index is 0.339. The number of rotatable bonds is 5. The Labute approximate surface area is 84.3 Å². The van der Waals surface area contributed by atoms with E-state index < -0.39 is 12.5 Å². The molecule has 0 aromatic carbocycles. The van der Waals surface area contributed by atoms with E-state index in [4.69, 9.17) is 10.2 Å². The van der Waals surface area contributed by atoms with Crippen LogP contribution >= 0.6 is 0 Å². The molecular formula is C10H20FNO2. The van der Waals surface area contributed by atoms with Gasteiger partial charge in [0, 0.05) is 6.42 Å². The number of halogens is 1. The van der Waals surface area contributed by atoms with E-state index in [1.807, 2.05) is 0 Å². The second kappa shape index (κ2) is 6.32. The van der Waals surface area contributed by atoms with Crippen LogP contribution in [0.2, 0.25) is 0 Å². The molecule has 0 aromatic heterocycles. The molecule has 1 aliphatic carbocycles. The smallest absolute Gasteiger partial charge is 0.152 e. The fraction of sp³-hybridized carbons (Fsp3) is 1.00. The molecule has 0 aromatic rings. The van der Waals surface area contributed by atoms with Crippen molar-refractivity contribution in [1.29, 1.82) is 0 Å². The van der Waals surface area contributed by atoms with Crippen LogP contribution in [0.3, 0.4) is 0 Å². The summed E-state index contributed by atoms with van der Waals surface area (Å²) in [6.45, 7) is 1.39. The Morgan fingerprint density at radius 3 is 2.79 bits per heavy atom. The number of nitrogens with one attached hydrogen (secondary N) is 1. The van der Waals surface area contributed by atoms with Crippen molar-refractivity contribution in [2.24, 2.45) is 5.92 Å². The largest absolute Gasteiger partial charge is 0.368 e. The molecule has 0 saturated heterocycles. The monoisotopic (exact) mass is 205 g/mol. The van der Waals surface area contributed by atoms with Crippen molar-refractivity contribution in [2.45, 2.75) is 44.6 Å². The predicted molar refractivity (Wildman–Crippen MR) is 52.6 cm³/mol. The number of hydrogen-bond acceptors (Lipinski definition) is 3. The van der Waals surface area contributed by atoms with Crippen LogP contribution in [0.4, 0.5) is 4.39 Å².